The van der Waals surface area contributed by atoms with Gasteiger partial charge >= 0.3 is 0 Å². The summed E-state index contributed by atoms with van der Waals surface area (Å²) in [5, 5.41) is 23.3. The van der Waals surface area contributed by atoms with Crippen LogP contribution in [0.5, 0.6) is 11.5 Å². The van der Waals surface area contributed by atoms with Gasteiger partial charge in [-0.05, 0) is 25.5 Å². The summed E-state index contributed by atoms with van der Waals surface area (Å²) >= 11 is 0. The standard InChI is InChI=1S/C19H23NO5/c1-8-5-9(2)17-10(3)16(23)13-6-12(21)7-14(18(13)25-17)20-19(24)11(4)15(8)22/h5-8,10-11,16-17,21,23H,1-4H3,(H,20,24)/b9-5-/t8?,10-,11+,16-,17+/m1/s1. The van der Waals surface area contributed by atoms with Crippen LogP contribution >= 0.6 is 0 Å². The van der Waals surface area contributed by atoms with E-state index in [-0.39, 0.29) is 23.1 Å². The van der Waals surface area contributed by atoms with Crippen molar-refractivity contribution in [2.45, 2.75) is 39.9 Å². The van der Waals surface area contributed by atoms with Crippen molar-refractivity contribution >= 4 is 17.4 Å². The van der Waals surface area contributed by atoms with Crippen molar-refractivity contribution in [3.8, 4) is 11.5 Å². The normalized spacial score (nSPS) is 34.3. The third-order valence-corrected chi connectivity index (χ3v) is 5.13. The number of ether oxygens (including phenoxy) is 1. The minimum atomic E-state index is -0.857. The first-order valence-corrected chi connectivity index (χ1v) is 8.45. The van der Waals surface area contributed by atoms with Gasteiger partial charge in [0.1, 0.15) is 17.6 Å². The second-order valence-corrected chi connectivity index (χ2v) is 7.07. The van der Waals surface area contributed by atoms with Gasteiger partial charge in [-0.2, -0.15) is 0 Å². The van der Waals surface area contributed by atoms with E-state index in [2.05, 4.69) is 5.32 Å². The molecule has 134 valence electrons. The number of rotatable bonds is 0. The Bertz CT molecular complexity index is 769. The lowest BCUT2D eigenvalue weighted by molar-refractivity contribution is -0.131. The topological polar surface area (TPSA) is 95.9 Å². The molecule has 0 saturated heterocycles. The fourth-order valence-electron chi connectivity index (χ4n) is 3.61. The van der Waals surface area contributed by atoms with Gasteiger partial charge in [0.05, 0.1) is 17.7 Å². The predicted octanol–water partition coefficient (Wildman–Crippen LogP) is 2.56. The first-order valence-electron chi connectivity index (χ1n) is 8.45. The summed E-state index contributed by atoms with van der Waals surface area (Å²) in [5.41, 5.74) is 1.52. The molecule has 0 fully saturated rings. The number of phenols is 1. The molecule has 0 aromatic heterocycles. The number of fused-ring (bicyclic) bond motifs is 1. The number of carbonyl (C=O) groups excluding carboxylic acids is 2. The first kappa shape index (κ1) is 17.5. The van der Waals surface area contributed by atoms with Crippen LogP contribution < -0.4 is 10.1 Å². The van der Waals surface area contributed by atoms with Gasteiger partial charge in [-0.15, -0.1) is 0 Å². The van der Waals surface area contributed by atoms with E-state index >= 15 is 0 Å². The van der Waals surface area contributed by atoms with Crippen molar-refractivity contribution in [1.82, 2.24) is 0 Å². The highest BCUT2D eigenvalue weighted by molar-refractivity contribution is 6.08. The molecule has 6 heteroatoms. The number of hydrogen-bond acceptors (Lipinski definition) is 5. The monoisotopic (exact) mass is 345 g/mol. The second kappa shape index (κ2) is 6.19. The van der Waals surface area contributed by atoms with Gasteiger partial charge in [0.25, 0.3) is 0 Å². The second-order valence-electron chi connectivity index (χ2n) is 7.07. The summed E-state index contributed by atoms with van der Waals surface area (Å²) in [4.78, 5) is 25.0. The molecule has 25 heavy (non-hydrogen) atoms. The van der Waals surface area contributed by atoms with E-state index in [1.807, 2.05) is 13.8 Å². The molecule has 0 aliphatic carbocycles. The molecule has 0 spiro atoms. The highest BCUT2D eigenvalue weighted by Crippen LogP contribution is 2.46. The summed E-state index contributed by atoms with van der Waals surface area (Å²) in [6.07, 6.45) is 0.520. The Morgan fingerprint density at radius 1 is 1.16 bits per heavy atom. The number of benzene rings is 1. The Hall–Kier alpha value is -2.34. The van der Waals surface area contributed by atoms with Crippen LogP contribution in [0.3, 0.4) is 0 Å². The van der Waals surface area contributed by atoms with E-state index in [0.29, 0.717) is 11.3 Å². The van der Waals surface area contributed by atoms with Crippen molar-refractivity contribution in [3.05, 3.63) is 29.3 Å². The van der Waals surface area contributed by atoms with Gasteiger partial charge in [-0.3, -0.25) is 9.59 Å². The van der Waals surface area contributed by atoms with Gasteiger partial charge in [0.15, 0.2) is 5.78 Å². The predicted molar refractivity (Wildman–Crippen MR) is 92.4 cm³/mol. The van der Waals surface area contributed by atoms with Crippen LogP contribution in [0.25, 0.3) is 0 Å². The lowest BCUT2D eigenvalue weighted by Crippen LogP contribution is -2.36. The van der Waals surface area contributed by atoms with Crippen LogP contribution in [0.4, 0.5) is 5.69 Å². The lowest BCUT2D eigenvalue weighted by atomic mass is 9.84. The zero-order valence-corrected chi connectivity index (χ0v) is 14.7. The van der Waals surface area contributed by atoms with Gasteiger partial charge in [-0.25, -0.2) is 0 Å². The highest BCUT2D eigenvalue weighted by atomic mass is 16.5. The number of nitrogens with one attached hydrogen (secondary N) is 1. The van der Waals surface area contributed by atoms with Crippen LogP contribution in [0.1, 0.15) is 39.4 Å². The number of ketones is 1. The number of carbonyl (C=O) groups is 2. The number of allylic oxidation sites excluding steroid dienone is 1. The van der Waals surface area contributed by atoms with Gasteiger partial charge in [0.2, 0.25) is 5.91 Å². The molecule has 1 aromatic carbocycles. The van der Waals surface area contributed by atoms with Gasteiger partial charge < -0.3 is 20.3 Å². The van der Waals surface area contributed by atoms with Crippen LogP contribution in [0.2, 0.25) is 0 Å². The van der Waals surface area contributed by atoms with Crippen LogP contribution in [0, 0.1) is 17.8 Å². The molecule has 1 unspecified atom stereocenters. The Morgan fingerprint density at radius 3 is 2.52 bits per heavy atom. The number of phenolic OH excluding ortho intramolecular Hbond substituents is 1. The molecule has 1 aromatic rings. The minimum absolute atomic E-state index is 0.0863. The zero-order chi connectivity index (χ0) is 18.5. The van der Waals surface area contributed by atoms with E-state index in [4.69, 9.17) is 4.74 Å². The number of amides is 1. The van der Waals surface area contributed by atoms with Crippen molar-refractivity contribution < 1.29 is 24.5 Å². The highest BCUT2D eigenvalue weighted by Gasteiger charge is 2.38. The summed E-state index contributed by atoms with van der Waals surface area (Å²) in [5.74, 6) is -1.95. The molecule has 6 nitrogen and oxygen atoms in total. The molecule has 5 atom stereocenters. The quantitative estimate of drug-likeness (QED) is 0.496. The minimum Gasteiger partial charge on any atom is -0.508 e. The maximum Gasteiger partial charge on any atom is 0.234 e. The van der Waals surface area contributed by atoms with Crippen molar-refractivity contribution in [3.63, 3.8) is 0 Å². The average molecular weight is 345 g/mol. The maximum atomic E-state index is 12.5. The number of hydrogen-bond donors (Lipinski definition) is 3. The molecule has 2 aliphatic rings. The molecule has 0 radical (unpaired) electrons. The first-order chi connectivity index (χ1) is 11.7. The molecule has 1 amide bonds. The van der Waals surface area contributed by atoms with E-state index in [1.165, 1.54) is 12.1 Å². The Balaban J connectivity index is 2.21. The summed E-state index contributed by atoms with van der Waals surface area (Å²) in [7, 11) is 0. The molecule has 2 aliphatic heterocycles. The van der Waals surface area contributed by atoms with E-state index in [1.54, 1.807) is 19.9 Å². The number of Topliss-reactive ketones (excluding diaryl/α,β-unsaturated/α-hetero) is 1. The molecule has 0 saturated carbocycles. The van der Waals surface area contributed by atoms with Gasteiger partial charge in [-0.1, -0.05) is 19.9 Å². The summed E-state index contributed by atoms with van der Waals surface area (Å²) in [6, 6.07) is 2.81. The Kier molecular flexibility index (Phi) is 4.33. The lowest BCUT2D eigenvalue weighted by Gasteiger charge is -2.37. The molecular formula is C19H23NO5. The van der Waals surface area contributed by atoms with E-state index in [0.717, 1.165) is 5.57 Å². The van der Waals surface area contributed by atoms with E-state index in [9.17, 15) is 19.8 Å². The Labute approximate surface area is 146 Å². The zero-order valence-electron chi connectivity index (χ0n) is 14.7. The smallest absolute Gasteiger partial charge is 0.234 e. The van der Waals surface area contributed by atoms with Crippen LogP contribution in [-0.4, -0.2) is 28.0 Å². The molecular weight excluding hydrogens is 322 g/mol. The van der Waals surface area contributed by atoms with Crippen LogP contribution in [0.15, 0.2) is 23.8 Å². The van der Waals surface area contributed by atoms with Crippen molar-refractivity contribution in [2.24, 2.45) is 17.8 Å². The maximum absolute atomic E-state index is 12.5. The Morgan fingerprint density at radius 2 is 1.84 bits per heavy atom. The number of aliphatic hydroxyl groups is 1. The van der Waals surface area contributed by atoms with E-state index < -0.39 is 30.0 Å². The molecule has 2 heterocycles. The fourth-order valence-corrected chi connectivity index (χ4v) is 3.61. The molecule has 3 N–H and O–H groups in total. The van der Waals surface area contributed by atoms with Gasteiger partial charge in [0, 0.05) is 23.5 Å². The van der Waals surface area contributed by atoms with Crippen molar-refractivity contribution in [2.75, 3.05) is 5.32 Å². The third kappa shape index (κ3) is 2.91. The summed E-state index contributed by atoms with van der Waals surface area (Å²) in [6.45, 7) is 7.03. The third-order valence-electron chi connectivity index (χ3n) is 5.13. The number of anilines is 1. The van der Waals surface area contributed by atoms with Crippen LogP contribution in [-0.2, 0) is 9.59 Å². The number of aliphatic hydroxyl groups excluding tert-OH is 1. The molecule has 3 rings (SSSR count). The summed E-state index contributed by atoms with van der Waals surface area (Å²) < 4.78 is 6.10. The fraction of sp³-hybridized carbons (Fsp3) is 0.474. The molecule has 2 bridgehead atoms. The van der Waals surface area contributed by atoms with Crippen molar-refractivity contribution in [1.29, 1.82) is 0 Å². The number of aromatic hydroxyl groups is 1. The largest absolute Gasteiger partial charge is 0.508 e. The SMILES string of the molecule is C/C1=C/C(C)C(=O)[C@H](C)C(=O)Nc2cc(O)cc3c2O[C@@H]1[C@H](C)[C@H]3O. The average Bonchev–Trinajstić information content (AvgIpc) is 2.56.